The molecular weight excluding hydrogens is 348 g/mol. The number of piperidine rings is 1. The molecule has 8 nitrogen and oxygen atoms in total. The van der Waals surface area contributed by atoms with E-state index in [2.05, 4.69) is 4.98 Å². The summed E-state index contributed by atoms with van der Waals surface area (Å²) in [5.41, 5.74) is 0.767. The van der Waals surface area contributed by atoms with Crippen LogP contribution in [0.25, 0.3) is 0 Å². The van der Waals surface area contributed by atoms with Crippen LogP contribution >= 0.6 is 0 Å². The minimum absolute atomic E-state index is 0.114. The number of hydrogen-bond donors (Lipinski definition) is 0. The average molecular weight is 374 g/mol. The molecule has 0 saturated carbocycles. The van der Waals surface area contributed by atoms with Gasteiger partial charge in [-0.15, -0.1) is 0 Å². The van der Waals surface area contributed by atoms with Gasteiger partial charge in [0.25, 0.3) is 11.8 Å². The molecule has 2 aliphatic rings. The molecule has 0 radical (unpaired) electrons. The first kappa shape index (κ1) is 19.1. The Morgan fingerprint density at radius 3 is 2.22 bits per heavy atom. The summed E-state index contributed by atoms with van der Waals surface area (Å²) >= 11 is 0. The van der Waals surface area contributed by atoms with Gasteiger partial charge in [-0.1, -0.05) is 0 Å². The van der Waals surface area contributed by atoms with Gasteiger partial charge >= 0.3 is 6.09 Å². The summed E-state index contributed by atoms with van der Waals surface area (Å²) in [6.07, 6.45) is 4.33. The molecular formula is C19H26N4O4. The van der Waals surface area contributed by atoms with Crippen molar-refractivity contribution in [2.45, 2.75) is 26.2 Å². The maximum atomic E-state index is 12.8. The van der Waals surface area contributed by atoms with E-state index in [0.29, 0.717) is 44.0 Å². The molecule has 0 N–H and O–H groups in total. The third-order valence-corrected chi connectivity index (χ3v) is 4.96. The lowest BCUT2D eigenvalue weighted by molar-refractivity contribution is 0.0570. The van der Waals surface area contributed by atoms with Gasteiger partial charge in [0.2, 0.25) is 0 Å². The van der Waals surface area contributed by atoms with E-state index in [4.69, 9.17) is 4.74 Å². The molecule has 0 aliphatic carbocycles. The number of amides is 3. The SMILES string of the molecule is CCOC(=O)N1CCN(C(=O)c2ccnc(C(=O)N3CCCCC3)c2)CC1. The maximum Gasteiger partial charge on any atom is 0.409 e. The molecule has 2 fully saturated rings. The molecule has 27 heavy (non-hydrogen) atoms. The summed E-state index contributed by atoms with van der Waals surface area (Å²) in [6, 6.07) is 3.21. The number of piperazine rings is 1. The number of ether oxygens (including phenoxy) is 1. The summed E-state index contributed by atoms with van der Waals surface area (Å²) in [4.78, 5) is 46.4. The van der Waals surface area contributed by atoms with Gasteiger partial charge < -0.3 is 19.4 Å². The second kappa shape index (κ2) is 8.83. The molecule has 0 atom stereocenters. The third kappa shape index (κ3) is 4.56. The number of carbonyl (C=O) groups excluding carboxylic acids is 3. The number of hydrogen-bond acceptors (Lipinski definition) is 5. The van der Waals surface area contributed by atoms with Gasteiger partial charge in [-0.05, 0) is 38.3 Å². The van der Waals surface area contributed by atoms with Crippen molar-refractivity contribution in [3.05, 3.63) is 29.6 Å². The van der Waals surface area contributed by atoms with Crippen molar-refractivity contribution in [3.8, 4) is 0 Å². The molecule has 0 spiro atoms. The van der Waals surface area contributed by atoms with E-state index >= 15 is 0 Å². The zero-order valence-corrected chi connectivity index (χ0v) is 15.7. The second-order valence-corrected chi connectivity index (χ2v) is 6.76. The lowest BCUT2D eigenvalue weighted by atomic mass is 10.1. The zero-order valence-electron chi connectivity index (χ0n) is 15.7. The Labute approximate surface area is 159 Å². The molecule has 0 aromatic carbocycles. The number of rotatable bonds is 3. The highest BCUT2D eigenvalue weighted by Crippen LogP contribution is 2.15. The molecule has 8 heteroatoms. The van der Waals surface area contributed by atoms with Gasteiger partial charge in [0, 0.05) is 51.0 Å². The smallest absolute Gasteiger partial charge is 0.409 e. The molecule has 146 valence electrons. The van der Waals surface area contributed by atoms with Gasteiger partial charge in [0.1, 0.15) is 5.69 Å². The number of nitrogens with zero attached hydrogens (tertiary/aromatic N) is 4. The molecule has 0 bridgehead atoms. The first-order valence-electron chi connectivity index (χ1n) is 9.56. The lowest BCUT2D eigenvalue weighted by Crippen LogP contribution is -2.50. The molecule has 3 heterocycles. The fourth-order valence-electron chi connectivity index (χ4n) is 3.43. The fraction of sp³-hybridized carbons (Fsp3) is 0.579. The van der Waals surface area contributed by atoms with E-state index in [9.17, 15) is 14.4 Å². The summed E-state index contributed by atoms with van der Waals surface area (Å²) in [7, 11) is 0. The van der Waals surface area contributed by atoms with Crippen molar-refractivity contribution in [1.29, 1.82) is 0 Å². The Balaban J connectivity index is 1.62. The van der Waals surface area contributed by atoms with E-state index in [-0.39, 0.29) is 17.9 Å². The van der Waals surface area contributed by atoms with Crippen molar-refractivity contribution in [2.24, 2.45) is 0 Å². The normalized spacial score (nSPS) is 17.6. The van der Waals surface area contributed by atoms with E-state index in [1.54, 1.807) is 33.8 Å². The number of carbonyl (C=O) groups is 3. The Morgan fingerprint density at radius 1 is 0.926 bits per heavy atom. The molecule has 3 amide bonds. The van der Waals surface area contributed by atoms with Crippen molar-refractivity contribution in [2.75, 3.05) is 45.9 Å². The predicted molar refractivity (Wildman–Crippen MR) is 98.5 cm³/mol. The second-order valence-electron chi connectivity index (χ2n) is 6.76. The maximum absolute atomic E-state index is 12.8. The molecule has 1 aromatic heterocycles. The molecule has 2 aliphatic heterocycles. The highest BCUT2D eigenvalue weighted by Gasteiger charge is 2.26. The highest BCUT2D eigenvalue weighted by molar-refractivity contribution is 5.98. The average Bonchev–Trinajstić information content (AvgIpc) is 2.73. The largest absolute Gasteiger partial charge is 0.450 e. The van der Waals surface area contributed by atoms with Gasteiger partial charge in [0.15, 0.2) is 0 Å². The van der Waals surface area contributed by atoms with Gasteiger partial charge in [-0.2, -0.15) is 0 Å². The minimum atomic E-state index is -0.345. The van der Waals surface area contributed by atoms with Crippen LogP contribution in [0.15, 0.2) is 18.3 Å². The van der Waals surface area contributed by atoms with Gasteiger partial charge in [-0.25, -0.2) is 4.79 Å². The van der Waals surface area contributed by atoms with Crippen LogP contribution in [-0.4, -0.2) is 83.5 Å². The van der Waals surface area contributed by atoms with E-state index in [0.717, 1.165) is 32.4 Å². The Bertz CT molecular complexity index is 695. The van der Waals surface area contributed by atoms with Crippen molar-refractivity contribution < 1.29 is 19.1 Å². The summed E-state index contributed by atoms with van der Waals surface area (Å²) in [6.45, 7) is 5.35. The summed E-state index contributed by atoms with van der Waals surface area (Å²) < 4.78 is 4.99. The van der Waals surface area contributed by atoms with Crippen molar-refractivity contribution in [1.82, 2.24) is 19.7 Å². The summed E-state index contributed by atoms with van der Waals surface area (Å²) in [5, 5.41) is 0. The number of pyridine rings is 1. The quantitative estimate of drug-likeness (QED) is 0.803. The Hall–Kier alpha value is -2.64. The Kier molecular flexibility index (Phi) is 6.26. The van der Waals surface area contributed by atoms with Crippen LogP contribution in [0.5, 0.6) is 0 Å². The zero-order chi connectivity index (χ0) is 19.2. The molecule has 3 rings (SSSR count). The number of likely N-dealkylation sites (tertiary alicyclic amines) is 1. The molecule has 0 unspecified atom stereocenters. The van der Waals surface area contributed by atoms with Crippen LogP contribution in [-0.2, 0) is 4.74 Å². The molecule has 2 saturated heterocycles. The van der Waals surface area contributed by atoms with Crippen LogP contribution in [0.4, 0.5) is 4.79 Å². The topological polar surface area (TPSA) is 83.0 Å². The van der Waals surface area contributed by atoms with Gasteiger partial charge in [0.05, 0.1) is 6.61 Å². The third-order valence-electron chi connectivity index (χ3n) is 4.96. The molecule has 1 aromatic rings. The highest BCUT2D eigenvalue weighted by atomic mass is 16.6. The van der Waals surface area contributed by atoms with E-state index < -0.39 is 0 Å². The lowest BCUT2D eigenvalue weighted by Gasteiger charge is -2.34. The minimum Gasteiger partial charge on any atom is -0.450 e. The van der Waals surface area contributed by atoms with E-state index in [1.165, 1.54) is 6.20 Å². The summed E-state index contributed by atoms with van der Waals surface area (Å²) in [5.74, 6) is -0.259. The van der Waals surface area contributed by atoms with Crippen LogP contribution < -0.4 is 0 Å². The number of aromatic nitrogens is 1. The van der Waals surface area contributed by atoms with Crippen LogP contribution in [0, 0.1) is 0 Å². The van der Waals surface area contributed by atoms with Gasteiger partial charge in [-0.3, -0.25) is 14.6 Å². The first-order valence-corrected chi connectivity index (χ1v) is 9.56. The first-order chi connectivity index (χ1) is 13.1. The fourth-order valence-corrected chi connectivity index (χ4v) is 3.43. The monoisotopic (exact) mass is 374 g/mol. The van der Waals surface area contributed by atoms with Crippen LogP contribution in [0.2, 0.25) is 0 Å². The van der Waals surface area contributed by atoms with E-state index in [1.807, 2.05) is 0 Å². The van der Waals surface area contributed by atoms with Crippen LogP contribution in [0.1, 0.15) is 47.0 Å². The standard InChI is InChI=1S/C19H26N4O4/c1-2-27-19(26)23-12-10-22(11-13-23)17(24)15-6-7-20-16(14-15)18(25)21-8-4-3-5-9-21/h6-7,14H,2-5,8-13H2,1H3. The Morgan fingerprint density at radius 2 is 1.56 bits per heavy atom. The van der Waals surface area contributed by atoms with Crippen molar-refractivity contribution in [3.63, 3.8) is 0 Å². The van der Waals surface area contributed by atoms with Crippen LogP contribution in [0.3, 0.4) is 0 Å². The van der Waals surface area contributed by atoms with Crippen molar-refractivity contribution >= 4 is 17.9 Å². The predicted octanol–water partition coefficient (Wildman–Crippen LogP) is 1.62.